The maximum atomic E-state index is 13.9. The Bertz CT molecular complexity index is 4880. The van der Waals surface area contributed by atoms with Crippen LogP contribution in [0, 0.1) is 17.1 Å². The highest BCUT2D eigenvalue weighted by Crippen LogP contribution is 2.51. The minimum Gasteiger partial charge on any atom is -0.491 e. The van der Waals surface area contributed by atoms with Crippen molar-refractivity contribution in [2.75, 3.05) is 39.3 Å². The molecular weight excluding hydrogens is 1310 g/mol. The fraction of sp³-hybridized carbons (Fsp3) is 0.333. The first-order valence-corrected chi connectivity index (χ1v) is 35.2. The number of aliphatic hydroxyl groups excluding tert-OH is 1. The number of alkyl halides is 2. The van der Waals surface area contributed by atoms with Gasteiger partial charge < -0.3 is 43.3 Å². The molecule has 9 aromatic rings. The number of carbonyl (C=O) groups is 4. The molecule has 6 aliphatic heterocycles. The van der Waals surface area contributed by atoms with Crippen molar-refractivity contribution < 1.29 is 66.2 Å². The molecule has 6 aromatic carbocycles. The molecule has 6 aliphatic rings. The number of nitrogens with zero attached hydrogens (tertiary/aromatic N) is 8. The zero-order chi connectivity index (χ0) is 71.5. The molecule has 19 nitrogen and oxygen atoms in total. The number of aromatic nitrogens is 4. The van der Waals surface area contributed by atoms with Gasteiger partial charge in [0, 0.05) is 127 Å². The van der Waals surface area contributed by atoms with E-state index < -0.39 is 43.7 Å². The number of halogens is 3. The largest absolute Gasteiger partial charge is 0.491 e. The summed E-state index contributed by atoms with van der Waals surface area (Å²) in [6.07, 6.45) is 2.33. The number of amides is 3. The highest BCUT2D eigenvalue weighted by atomic mass is 32.2. The lowest BCUT2D eigenvalue weighted by Gasteiger charge is -2.45. The first-order valence-electron chi connectivity index (χ1n) is 33.7. The Hall–Kier alpha value is -10.4. The highest BCUT2D eigenvalue weighted by Gasteiger charge is 2.49. The van der Waals surface area contributed by atoms with Crippen LogP contribution in [-0.2, 0) is 40.3 Å². The number of sulfone groups is 1. The number of hydrogen-bond donors (Lipinski definition) is 1. The number of likely N-dealkylation sites (tertiary alicyclic amines) is 3. The number of ether oxygens (including phenoxy) is 4. The number of aliphatic hydroxyl groups is 1. The summed E-state index contributed by atoms with van der Waals surface area (Å²) >= 11 is 0. The number of Topliss-reactive ketones (excluding diaryl/α,β-unsaturated/α-hetero) is 1. The molecule has 0 saturated carbocycles. The Morgan fingerprint density at radius 2 is 1.19 bits per heavy atom. The van der Waals surface area contributed by atoms with Gasteiger partial charge in [-0.3, -0.25) is 28.4 Å². The molecule has 1 N–H and O–H groups in total. The molecule has 0 radical (unpaired) electrons. The SMILES string of the molecule is CC(=O)c1ccc2n1-c1ccccc1OC21CCN(C(=O)c2ccc(S(=O)(=O)C(C)(C)C)cc2)CC1.CC(C)Oc1ccc(C(=O)N2CCC3(CC2)Oc2ccccc2-n2c(C#N)ccc23)c(CO)c1.Cn1ncc2c1-c1cc(F)ccc1OC21CCN(C(=O)c2ccccc2C(F)F)CC1.[HH]. The van der Waals surface area contributed by atoms with Crippen LogP contribution in [0.3, 0.4) is 0 Å². The summed E-state index contributed by atoms with van der Waals surface area (Å²) in [6.45, 7) is 12.8. The molecule has 0 unspecified atom stereocenters. The molecule has 101 heavy (non-hydrogen) atoms. The number of ketones is 1. The van der Waals surface area contributed by atoms with Crippen LogP contribution in [-0.4, -0.2) is 121 Å². The molecular formula is C78H79F3N8O11S. The van der Waals surface area contributed by atoms with E-state index in [2.05, 4.69) is 11.2 Å². The van der Waals surface area contributed by atoms with Crippen LogP contribution in [0.4, 0.5) is 13.2 Å². The molecule has 3 aromatic heterocycles. The second-order valence-corrected chi connectivity index (χ2v) is 30.2. The summed E-state index contributed by atoms with van der Waals surface area (Å²) in [4.78, 5) is 57.3. The van der Waals surface area contributed by atoms with Gasteiger partial charge in [0.25, 0.3) is 24.1 Å². The molecule has 524 valence electrons. The second kappa shape index (κ2) is 26.9. The fourth-order valence-corrected chi connectivity index (χ4v) is 15.9. The lowest BCUT2D eigenvalue weighted by atomic mass is 9.81. The van der Waals surface area contributed by atoms with Crippen molar-refractivity contribution in [2.45, 2.75) is 126 Å². The Balaban J connectivity index is 0.000000144. The van der Waals surface area contributed by atoms with Gasteiger partial charge in [-0.15, -0.1) is 0 Å². The van der Waals surface area contributed by atoms with Gasteiger partial charge in [0.15, 0.2) is 26.8 Å². The molecule has 15 rings (SSSR count). The van der Waals surface area contributed by atoms with Gasteiger partial charge in [0.1, 0.15) is 46.2 Å². The molecule has 3 spiro atoms. The molecule has 9 heterocycles. The van der Waals surface area contributed by atoms with Crippen LogP contribution >= 0.6 is 0 Å². The van der Waals surface area contributed by atoms with E-state index in [1.165, 1.54) is 42.5 Å². The predicted molar refractivity (Wildman–Crippen MR) is 372 cm³/mol. The Labute approximate surface area is 585 Å². The summed E-state index contributed by atoms with van der Waals surface area (Å²) in [7, 11) is -1.69. The van der Waals surface area contributed by atoms with Crippen molar-refractivity contribution in [3.8, 4) is 51.7 Å². The summed E-state index contributed by atoms with van der Waals surface area (Å²) in [5.41, 5.74) is 6.38. The average Bonchev–Trinajstić information content (AvgIpc) is 1.47. The van der Waals surface area contributed by atoms with Gasteiger partial charge in [0.2, 0.25) is 0 Å². The number of rotatable bonds is 9. The zero-order valence-corrected chi connectivity index (χ0v) is 57.9. The van der Waals surface area contributed by atoms with Crippen LogP contribution in [0.15, 0.2) is 169 Å². The lowest BCUT2D eigenvalue weighted by Crippen LogP contribution is -2.50. The zero-order valence-electron chi connectivity index (χ0n) is 57.1. The first-order chi connectivity index (χ1) is 48.3. The molecule has 3 fully saturated rings. The topological polar surface area (TPSA) is 221 Å². The van der Waals surface area contributed by atoms with Crippen LogP contribution in [0.25, 0.3) is 22.6 Å². The fourth-order valence-electron chi connectivity index (χ4n) is 14.7. The van der Waals surface area contributed by atoms with Gasteiger partial charge in [-0.1, -0.05) is 42.5 Å². The second-order valence-electron chi connectivity index (χ2n) is 27.5. The predicted octanol–water partition coefficient (Wildman–Crippen LogP) is 13.9. The van der Waals surface area contributed by atoms with Crippen molar-refractivity contribution >= 4 is 33.3 Å². The van der Waals surface area contributed by atoms with E-state index in [1.807, 2.05) is 101 Å². The molecule has 3 amide bonds. The molecule has 0 atom stereocenters. The van der Waals surface area contributed by atoms with Gasteiger partial charge in [-0.05, 0) is 155 Å². The Kier molecular flexibility index (Phi) is 18.4. The number of piperidine rings is 3. The molecule has 0 bridgehead atoms. The smallest absolute Gasteiger partial charge is 0.264 e. The number of fused-ring (bicyclic) bond motifs is 12. The first kappa shape index (κ1) is 69.1. The normalized spacial score (nSPS) is 16.5. The minimum absolute atomic E-state index is 0. The number of carbonyl (C=O) groups excluding carboxylic acids is 4. The van der Waals surface area contributed by atoms with Crippen LogP contribution < -0.4 is 18.9 Å². The van der Waals surface area contributed by atoms with Gasteiger partial charge in [0.05, 0.1) is 62.7 Å². The number of hydrogen-bond acceptors (Lipinski definition) is 13. The van der Waals surface area contributed by atoms with Crippen molar-refractivity contribution in [3.63, 3.8) is 0 Å². The quantitative estimate of drug-likeness (QED) is 0.133. The van der Waals surface area contributed by atoms with E-state index in [9.17, 15) is 51.1 Å². The van der Waals surface area contributed by atoms with E-state index >= 15 is 0 Å². The van der Waals surface area contributed by atoms with Crippen LogP contribution in [0.5, 0.6) is 23.0 Å². The molecule has 0 aliphatic carbocycles. The summed E-state index contributed by atoms with van der Waals surface area (Å²) in [5.74, 6) is 1.64. The third-order valence-corrected chi connectivity index (χ3v) is 22.5. The maximum Gasteiger partial charge on any atom is 0.264 e. The number of para-hydroxylation sites is 4. The van der Waals surface area contributed by atoms with Crippen molar-refractivity contribution in [2.24, 2.45) is 7.05 Å². The van der Waals surface area contributed by atoms with Gasteiger partial charge in [-0.2, -0.15) is 10.4 Å². The number of aryl methyl sites for hydroxylation is 1. The van der Waals surface area contributed by atoms with E-state index in [4.69, 9.17) is 18.9 Å². The van der Waals surface area contributed by atoms with Crippen LogP contribution in [0.1, 0.15) is 163 Å². The summed E-state index contributed by atoms with van der Waals surface area (Å²) in [6, 6.07) is 46.9. The monoisotopic (exact) mass is 1390 g/mol. The summed E-state index contributed by atoms with van der Waals surface area (Å²) in [5, 5.41) is 23.9. The molecule has 23 heteroatoms. The highest BCUT2D eigenvalue weighted by molar-refractivity contribution is 7.92. The number of nitriles is 1. The molecule has 3 saturated heterocycles. The van der Waals surface area contributed by atoms with Crippen molar-refractivity contribution in [1.82, 2.24) is 33.6 Å². The van der Waals surface area contributed by atoms with E-state index in [0.29, 0.717) is 123 Å². The van der Waals surface area contributed by atoms with E-state index in [1.54, 1.807) is 97.9 Å². The minimum atomic E-state index is -3.49. The standard InChI is InChI=1S/C28H30N2O5S.C27H27N3O4.C23H20F3N3O2.H2/c1-19(31)22-13-14-25-28(35-24-8-6-5-7-23(24)30(22)25)15-17-29(18-16-28)26(32)20-9-11-21(12-10-20)36(33,34)27(2,3)4;1-18(2)33-21-8-9-22(19(15-21)17-31)26(32)29-13-11-27(12-14-29)25-10-7-20(16-28)30(25)23-5-3-4-6-24(23)34-27;1-28-20-17-12-14(24)6-7-19(17)31-23(18(20)13-27-28)8-10-29(11-9-23)22(30)16-5-3-2-4-15(16)21(25)26;/h5-14H,15-18H2,1-4H3;3-10,15,18,31H,11-14,17H2,1-2H3;2-7,12-13,21H,8-11H2,1H3;1H. The third kappa shape index (κ3) is 12.6. The van der Waals surface area contributed by atoms with Crippen molar-refractivity contribution in [1.29, 1.82) is 5.26 Å². The summed E-state index contributed by atoms with van der Waals surface area (Å²) < 4.78 is 95.9. The van der Waals surface area contributed by atoms with Crippen molar-refractivity contribution in [3.05, 3.63) is 226 Å². The Morgan fingerprint density at radius 1 is 0.653 bits per heavy atom. The van der Waals surface area contributed by atoms with E-state index in [0.717, 1.165) is 45.5 Å². The van der Waals surface area contributed by atoms with Gasteiger partial charge >= 0.3 is 0 Å². The maximum absolute atomic E-state index is 13.9. The number of benzene rings is 6. The van der Waals surface area contributed by atoms with Gasteiger partial charge in [-0.25, -0.2) is 21.6 Å². The van der Waals surface area contributed by atoms with Crippen LogP contribution in [0.2, 0.25) is 0 Å². The van der Waals surface area contributed by atoms with E-state index in [-0.39, 0.29) is 53.6 Å². The Morgan fingerprint density at radius 3 is 1.76 bits per heavy atom. The lowest BCUT2D eigenvalue weighted by molar-refractivity contribution is -0.00990. The third-order valence-electron chi connectivity index (χ3n) is 20.0. The average molecular weight is 1390 g/mol.